The van der Waals surface area contributed by atoms with Crippen LogP contribution in [0.3, 0.4) is 0 Å². The minimum atomic E-state index is -0.565. The molecule has 33 heavy (non-hydrogen) atoms. The zero-order chi connectivity index (χ0) is 23.5. The fourth-order valence-electron chi connectivity index (χ4n) is 4.40. The van der Waals surface area contributed by atoms with Crippen molar-refractivity contribution < 1.29 is 14.4 Å². The van der Waals surface area contributed by atoms with Crippen LogP contribution in [0.5, 0.6) is 0 Å². The van der Waals surface area contributed by atoms with Crippen LogP contribution >= 0.6 is 0 Å². The average Bonchev–Trinajstić information content (AvgIpc) is 3.29. The van der Waals surface area contributed by atoms with Crippen molar-refractivity contribution in [3.05, 3.63) is 64.5 Å². The monoisotopic (exact) mass is 447 g/mol. The molecule has 2 N–H and O–H groups in total. The Balaban J connectivity index is 1.62. The summed E-state index contributed by atoms with van der Waals surface area (Å²) in [5.41, 5.74) is 4.73. The summed E-state index contributed by atoms with van der Waals surface area (Å²) in [4.78, 5) is 47.0. The highest BCUT2D eigenvalue weighted by atomic mass is 16.2. The second-order valence-corrected chi connectivity index (χ2v) is 8.59. The van der Waals surface area contributed by atoms with Crippen molar-refractivity contribution in [1.82, 2.24) is 15.1 Å². The third-order valence-electron chi connectivity index (χ3n) is 6.04. The molecule has 0 radical (unpaired) electrons. The average molecular weight is 448 g/mol. The minimum Gasteiger partial charge on any atom is -0.341 e. The maximum Gasteiger partial charge on any atom is 0.325 e. The van der Waals surface area contributed by atoms with E-state index in [9.17, 15) is 14.4 Å². The summed E-state index contributed by atoms with van der Waals surface area (Å²) in [5.74, 6) is -0.701. The number of fused-ring (bicyclic) bond motifs is 1. The van der Waals surface area contributed by atoms with Crippen LogP contribution in [-0.4, -0.2) is 53.1 Å². The van der Waals surface area contributed by atoms with Gasteiger partial charge in [0, 0.05) is 30.0 Å². The molecule has 1 fully saturated rings. The highest BCUT2D eigenvalue weighted by molar-refractivity contribution is 6.41. The Labute approximate surface area is 193 Å². The van der Waals surface area contributed by atoms with Gasteiger partial charge in [-0.05, 0) is 63.3 Å². The molecule has 3 aliphatic rings. The summed E-state index contributed by atoms with van der Waals surface area (Å²) in [5, 5.41) is 5.35. The number of amidine groups is 1. The van der Waals surface area contributed by atoms with Gasteiger partial charge in [-0.1, -0.05) is 24.3 Å². The molecule has 1 saturated heterocycles. The maximum atomic E-state index is 13.6. The minimum absolute atomic E-state index is 0.0870. The Morgan fingerprint density at radius 2 is 1.85 bits per heavy atom. The molecule has 0 saturated carbocycles. The number of hydrogen-bond donors (Lipinski definition) is 2. The van der Waals surface area contributed by atoms with Gasteiger partial charge >= 0.3 is 6.03 Å². The van der Waals surface area contributed by atoms with Gasteiger partial charge < -0.3 is 10.2 Å². The number of allylic oxidation sites excluding steroid dienone is 5. The highest BCUT2D eigenvalue weighted by Crippen LogP contribution is 2.33. The quantitative estimate of drug-likeness (QED) is 0.743. The molecule has 2 heterocycles. The Hall–Kier alpha value is -3.68. The molecule has 4 amide bonds. The lowest BCUT2D eigenvalue weighted by atomic mass is 9.96. The SMILES string of the molecule is CC1=C2C(=C(C)N=C(NC(=O)Nc3cccc(C)c3)C(=O)N2CC(=O)N2CCCC2)CC=C1. The molecule has 4 rings (SSSR count). The van der Waals surface area contributed by atoms with Gasteiger partial charge in [-0.15, -0.1) is 0 Å². The highest BCUT2D eigenvalue weighted by Gasteiger charge is 2.34. The van der Waals surface area contributed by atoms with E-state index >= 15 is 0 Å². The first-order valence-electron chi connectivity index (χ1n) is 11.2. The van der Waals surface area contributed by atoms with Crippen molar-refractivity contribution >= 4 is 29.4 Å². The van der Waals surface area contributed by atoms with E-state index in [1.54, 1.807) is 11.0 Å². The lowest BCUT2D eigenvalue weighted by molar-refractivity contribution is -0.135. The molecule has 1 aliphatic carbocycles. The summed E-state index contributed by atoms with van der Waals surface area (Å²) in [6.45, 7) is 6.99. The number of nitrogens with one attached hydrogen (secondary N) is 2. The first-order valence-corrected chi connectivity index (χ1v) is 11.2. The standard InChI is InChI=1S/C25H29N5O3/c1-16-8-6-10-19(14-16)27-25(33)28-23-24(32)30(15-21(31)29-12-4-5-13-29)22-17(2)9-7-11-20(22)18(3)26-23/h6-10,14H,4-5,11-13,15H2,1-3H3,(H2,26,27,28,33). The van der Waals surface area contributed by atoms with Gasteiger partial charge in [-0.3, -0.25) is 19.8 Å². The van der Waals surface area contributed by atoms with Crippen LogP contribution in [0.15, 0.2) is 64.0 Å². The number of hydrogen-bond acceptors (Lipinski definition) is 4. The van der Waals surface area contributed by atoms with E-state index in [0.29, 0.717) is 36.6 Å². The van der Waals surface area contributed by atoms with E-state index in [2.05, 4.69) is 15.6 Å². The van der Waals surface area contributed by atoms with Crippen LogP contribution in [0.2, 0.25) is 0 Å². The molecule has 0 unspecified atom stereocenters. The normalized spacial score (nSPS) is 18.3. The molecule has 0 aromatic heterocycles. The van der Waals surface area contributed by atoms with Gasteiger partial charge in [0.05, 0.1) is 5.70 Å². The van der Waals surface area contributed by atoms with Crippen LogP contribution < -0.4 is 10.6 Å². The smallest absolute Gasteiger partial charge is 0.325 e. The van der Waals surface area contributed by atoms with Crippen LogP contribution in [0.4, 0.5) is 10.5 Å². The molecule has 0 spiro atoms. The molecule has 2 aliphatic heterocycles. The van der Waals surface area contributed by atoms with Crippen LogP contribution in [0.1, 0.15) is 38.7 Å². The van der Waals surface area contributed by atoms with Crippen molar-refractivity contribution in [3.63, 3.8) is 0 Å². The van der Waals surface area contributed by atoms with E-state index in [0.717, 1.165) is 29.6 Å². The molecular weight excluding hydrogens is 418 g/mol. The summed E-state index contributed by atoms with van der Waals surface area (Å²) < 4.78 is 0. The predicted octanol–water partition coefficient (Wildman–Crippen LogP) is 3.49. The van der Waals surface area contributed by atoms with Crippen LogP contribution in [0, 0.1) is 6.92 Å². The number of carbonyl (C=O) groups excluding carboxylic acids is 3. The Morgan fingerprint density at radius 3 is 2.58 bits per heavy atom. The largest absolute Gasteiger partial charge is 0.341 e. The van der Waals surface area contributed by atoms with Gasteiger partial charge in [0.2, 0.25) is 11.7 Å². The zero-order valence-corrected chi connectivity index (χ0v) is 19.3. The Bertz CT molecular complexity index is 1120. The van der Waals surface area contributed by atoms with Crippen molar-refractivity contribution in [2.45, 2.75) is 40.0 Å². The third kappa shape index (κ3) is 4.89. The van der Waals surface area contributed by atoms with E-state index in [1.165, 1.54) is 4.90 Å². The van der Waals surface area contributed by atoms with Gasteiger partial charge in [0.1, 0.15) is 6.54 Å². The number of benzene rings is 1. The van der Waals surface area contributed by atoms with Gasteiger partial charge in [-0.2, -0.15) is 0 Å². The van der Waals surface area contributed by atoms with E-state index in [4.69, 9.17) is 0 Å². The fraction of sp³-hybridized carbons (Fsp3) is 0.360. The van der Waals surface area contributed by atoms with Crippen molar-refractivity contribution in [1.29, 1.82) is 0 Å². The molecule has 8 heteroatoms. The second kappa shape index (κ2) is 9.44. The molecule has 1 aromatic rings. The number of nitrogens with zero attached hydrogens (tertiary/aromatic N) is 3. The second-order valence-electron chi connectivity index (χ2n) is 8.59. The topological polar surface area (TPSA) is 94.1 Å². The first kappa shape index (κ1) is 22.5. The maximum absolute atomic E-state index is 13.6. The number of anilines is 1. The molecular formula is C25H29N5O3. The number of amides is 4. The Kier molecular flexibility index (Phi) is 6.44. The third-order valence-corrected chi connectivity index (χ3v) is 6.04. The molecule has 0 bridgehead atoms. The predicted molar refractivity (Wildman–Crippen MR) is 127 cm³/mol. The summed E-state index contributed by atoms with van der Waals surface area (Å²) in [7, 11) is 0. The van der Waals surface area contributed by atoms with E-state index in [1.807, 2.05) is 51.1 Å². The lowest BCUT2D eigenvalue weighted by Gasteiger charge is -2.30. The molecule has 8 nitrogen and oxygen atoms in total. The molecule has 0 atom stereocenters. The summed E-state index contributed by atoms with van der Waals surface area (Å²) >= 11 is 0. The number of rotatable bonds is 3. The summed E-state index contributed by atoms with van der Waals surface area (Å²) in [6.07, 6.45) is 6.52. The van der Waals surface area contributed by atoms with Crippen LogP contribution in [0.25, 0.3) is 0 Å². The van der Waals surface area contributed by atoms with E-state index in [-0.39, 0.29) is 18.3 Å². The van der Waals surface area contributed by atoms with Crippen molar-refractivity contribution in [3.8, 4) is 0 Å². The fourth-order valence-corrected chi connectivity index (χ4v) is 4.40. The first-order chi connectivity index (χ1) is 15.8. The van der Waals surface area contributed by atoms with Crippen molar-refractivity contribution in [2.24, 2.45) is 4.99 Å². The van der Waals surface area contributed by atoms with Crippen LogP contribution in [-0.2, 0) is 9.59 Å². The van der Waals surface area contributed by atoms with Gasteiger partial charge in [0.15, 0.2) is 0 Å². The number of aliphatic imine (C=N–C) groups is 1. The Morgan fingerprint density at radius 1 is 1.09 bits per heavy atom. The summed E-state index contributed by atoms with van der Waals surface area (Å²) in [6, 6.07) is 6.81. The van der Waals surface area contributed by atoms with E-state index < -0.39 is 11.9 Å². The number of urea groups is 1. The van der Waals surface area contributed by atoms with Gasteiger partial charge in [0.25, 0.3) is 5.91 Å². The zero-order valence-electron chi connectivity index (χ0n) is 19.3. The molecule has 172 valence electrons. The lowest BCUT2D eigenvalue weighted by Crippen LogP contribution is -2.49. The van der Waals surface area contributed by atoms with Gasteiger partial charge in [-0.25, -0.2) is 9.79 Å². The van der Waals surface area contributed by atoms with Crippen molar-refractivity contribution in [2.75, 3.05) is 25.0 Å². The number of likely N-dealkylation sites (tertiary alicyclic amines) is 1. The number of aryl methyl sites for hydroxylation is 1. The number of carbonyl (C=O) groups is 3. The molecule has 1 aromatic carbocycles.